The highest BCUT2D eigenvalue weighted by atomic mass is 32.2. The van der Waals surface area contributed by atoms with Gasteiger partial charge < -0.3 is 14.8 Å². The average molecular weight is 425 g/mol. The Hall–Kier alpha value is -2.86. The number of ether oxygens (including phenoxy) is 2. The number of hydrogen-bond donors (Lipinski definition) is 1. The second-order valence-corrected chi connectivity index (χ2v) is 7.62. The summed E-state index contributed by atoms with van der Waals surface area (Å²) in [6.07, 6.45) is -2.79. The number of benzene rings is 1. The summed E-state index contributed by atoms with van der Waals surface area (Å²) in [5.74, 6) is -0.522. The topological polar surface area (TPSA) is 188 Å². The molecule has 0 saturated carbocycles. The van der Waals surface area contributed by atoms with Gasteiger partial charge in [-0.15, -0.1) is 0 Å². The highest BCUT2D eigenvalue weighted by Crippen LogP contribution is 2.28. The van der Waals surface area contributed by atoms with E-state index in [0.29, 0.717) is 5.56 Å². The third kappa shape index (κ3) is 6.06. The van der Waals surface area contributed by atoms with Crippen LogP contribution in [0, 0.1) is 0 Å². The number of amides is 1. The molecule has 29 heavy (non-hydrogen) atoms. The second-order valence-electron chi connectivity index (χ2n) is 6.02. The lowest BCUT2D eigenvalue weighted by atomic mass is 9.94. The Bertz CT molecular complexity index is 914. The van der Waals surface area contributed by atoms with Crippen molar-refractivity contribution in [2.45, 2.75) is 30.6 Å². The van der Waals surface area contributed by atoms with Gasteiger partial charge in [-0.2, -0.15) is 8.42 Å². The molecular weight excluding hydrogens is 406 g/mol. The van der Waals surface area contributed by atoms with Crippen molar-refractivity contribution in [3.63, 3.8) is 0 Å². The van der Waals surface area contributed by atoms with Crippen LogP contribution in [0.1, 0.15) is 10.4 Å². The first-order valence-electron chi connectivity index (χ1n) is 8.28. The summed E-state index contributed by atoms with van der Waals surface area (Å²) in [6.45, 7) is -0.312. The van der Waals surface area contributed by atoms with Crippen LogP contribution in [0.2, 0.25) is 0 Å². The zero-order valence-electron chi connectivity index (χ0n) is 15.5. The quantitative estimate of drug-likeness (QED) is 0.284. The number of carbonyl (C=O) groups is 1. The van der Waals surface area contributed by atoms with E-state index in [1.54, 1.807) is 30.3 Å². The van der Waals surface area contributed by atoms with Crippen LogP contribution < -0.4 is 5.32 Å². The minimum absolute atomic E-state index is 0.312. The molecule has 5 atom stereocenters. The molecule has 1 heterocycles. The molecule has 1 saturated heterocycles. The summed E-state index contributed by atoms with van der Waals surface area (Å²) in [7, 11) is -2.72. The van der Waals surface area contributed by atoms with Gasteiger partial charge in [0.1, 0.15) is 6.10 Å². The van der Waals surface area contributed by atoms with Crippen LogP contribution in [0.4, 0.5) is 0 Å². The molecular formula is C15H19N7O6S. The number of hydrogen-bond acceptors (Lipinski definition) is 8. The largest absolute Gasteiger partial charge is 0.354 e. The highest BCUT2D eigenvalue weighted by Gasteiger charge is 2.48. The fourth-order valence-electron chi connectivity index (χ4n) is 2.88. The molecule has 1 aliphatic rings. The van der Waals surface area contributed by atoms with E-state index in [9.17, 15) is 13.2 Å². The van der Waals surface area contributed by atoms with E-state index < -0.39 is 46.6 Å². The third-order valence-electron chi connectivity index (χ3n) is 4.03. The van der Waals surface area contributed by atoms with Gasteiger partial charge in [0, 0.05) is 22.5 Å². The van der Waals surface area contributed by atoms with Crippen molar-refractivity contribution in [3.8, 4) is 0 Å². The predicted octanol–water partition coefficient (Wildman–Crippen LogP) is 1.49. The second kappa shape index (κ2) is 10.1. The third-order valence-corrected chi connectivity index (χ3v) is 4.61. The Morgan fingerprint density at radius 3 is 2.52 bits per heavy atom. The molecule has 1 aromatic rings. The number of azide groups is 2. The molecule has 1 aliphatic heterocycles. The molecule has 14 heteroatoms. The van der Waals surface area contributed by atoms with Crippen LogP contribution in [0.3, 0.4) is 0 Å². The summed E-state index contributed by atoms with van der Waals surface area (Å²) in [4.78, 5) is 17.9. The first-order valence-corrected chi connectivity index (χ1v) is 10.1. The predicted molar refractivity (Wildman–Crippen MR) is 100 cm³/mol. The van der Waals surface area contributed by atoms with E-state index in [2.05, 4.69) is 25.4 Å². The lowest BCUT2D eigenvalue weighted by Gasteiger charge is -2.43. The van der Waals surface area contributed by atoms with Crippen LogP contribution in [-0.4, -0.2) is 64.8 Å². The van der Waals surface area contributed by atoms with Crippen molar-refractivity contribution in [2.75, 3.05) is 19.9 Å². The van der Waals surface area contributed by atoms with Gasteiger partial charge in [0.25, 0.3) is 16.0 Å². The first kappa shape index (κ1) is 22.4. The van der Waals surface area contributed by atoms with E-state index in [-0.39, 0.29) is 6.54 Å². The zero-order valence-corrected chi connectivity index (χ0v) is 16.3. The summed E-state index contributed by atoms with van der Waals surface area (Å²) in [5, 5.41) is 9.62. The minimum Gasteiger partial charge on any atom is -0.354 e. The smallest absolute Gasteiger partial charge is 0.264 e. The fraction of sp³-hybridized carbons (Fsp3) is 0.533. The number of nitrogens with zero attached hydrogens (tertiary/aromatic N) is 6. The molecule has 0 aromatic heterocycles. The maximum atomic E-state index is 12.6. The lowest BCUT2D eigenvalue weighted by molar-refractivity contribution is -0.221. The summed E-state index contributed by atoms with van der Waals surface area (Å²) in [5.41, 5.74) is 17.9. The lowest BCUT2D eigenvalue weighted by Crippen LogP contribution is -2.64. The monoisotopic (exact) mass is 425 g/mol. The molecule has 156 valence electrons. The van der Waals surface area contributed by atoms with E-state index in [4.69, 9.17) is 24.7 Å². The van der Waals surface area contributed by atoms with E-state index in [1.807, 2.05) is 0 Å². The van der Waals surface area contributed by atoms with Crippen molar-refractivity contribution < 1.29 is 26.9 Å². The van der Waals surface area contributed by atoms with Crippen LogP contribution >= 0.6 is 0 Å². The van der Waals surface area contributed by atoms with Crippen LogP contribution in [0.5, 0.6) is 0 Å². The maximum Gasteiger partial charge on any atom is 0.264 e. The number of methoxy groups -OCH3 is 1. The Balaban J connectivity index is 2.42. The standard InChI is InChI=1S/C15H19N7O6S/c1-26-15-12(19-14(23)9-6-4-3-5-7-9)11(20-22-17)13(28-29(2,24)25)10(27-15)8-18-21-16/h3-7,10-13,15H,8H2,1-2H3,(H,19,23)/t10-,11-,12-,13-,15-/m0/s1. The van der Waals surface area contributed by atoms with Crippen molar-refractivity contribution in [2.24, 2.45) is 10.2 Å². The molecule has 0 unspecified atom stereocenters. The molecule has 1 amide bonds. The highest BCUT2D eigenvalue weighted by molar-refractivity contribution is 7.86. The summed E-state index contributed by atoms with van der Waals surface area (Å²) >= 11 is 0. The van der Waals surface area contributed by atoms with Crippen molar-refractivity contribution in [1.29, 1.82) is 0 Å². The van der Waals surface area contributed by atoms with Gasteiger partial charge in [0.15, 0.2) is 6.29 Å². The van der Waals surface area contributed by atoms with Crippen LogP contribution in [0.25, 0.3) is 20.9 Å². The number of carbonyl (C=O) groups excluding carboxylic acids is 1. The van der Waals surface area contributed by atoms with Gasteiger partial charge in [-0.05, 0) is 23.2 Å². The summed E-state index contributed by atoms with van der Waals surface area (Å²) in [6, 6.07) is 5.87. The van der Waals surface area contributed by atoms with Gasteiger partial charge in [0.05, 0.1) is 31.0 Å². The van der Waals surface area contributed by atoms with E-state index in [0.717, 1.165) is 6.26 Å². The van der Waals surface area contributed by atoms with Crippen molar-refractivity contribution in [1.82, 2.24) is 5.32 Å². The van der Waals surface area contributed by atoms with Crippen molar-refractivity contribution >= 4 is 16.0 Å². The SMILES string of the molecule is CO[C@H]1O[C@@H](CN=[N+]=[N-])[C@H](OS(C)(=O)=O)[C@@H](N=[N+]=[N-])[C@@H]1NC(=O)c1ccccc1. The Kier molecular flexibility index (Phi) is 7.79. The van der Waals surface area contributed by atoms with Gasteiger partial charge in [-0.1, -0.05) is 28.4 Å². The normalized spacial score (nSPS) is 26.6. The first-order chi connectivity index (χ1) is 13.8. The molecule has 2 rings (SSSR count). The van der Waals surface area contributed by atoms with Gasteiger partial charge >= 0.3 is 0 Å². The van der Waals surface area contributed by atoms with Gasteiger partial charge in [-0.3, -0.25) is 8.98 Å². The fourth-order valence-corrected chi connectivity index (χ4v) is 3.52. The Morgan fingerprint density at radius 2 is 1.97 bits per heavy atom. The molecule has 13 nitrogen and oxygen atoms in total. The maximum absolute atomic E-state index is 12.6. The molecule has 0 bridgehead atoms. The van der Waals surface area contributed by atoms with Crippen LogP contribution in [0.15, 0.2) is 40.6 Å². The number of nitrogens with one attached hydrogen (secondary N) is 1. The van der Waals surface area contributed by atoms with E-state index >= 15 is 0 Å². The van der Waals surface area contributed by atoms with E-state index in [1.165, 1.54) is 7.11 Å². The van der Waals surface area contributed by atoms with Gasteiger partial charge in [-0.25, -0.2) is 0 Å². The molecule has 1 fully saturated rings. The molecule has 0 aliphatic carbocycles. The van der Waals surface area contributed by atoms with Crippen LogP contribution in [-0.2, 0) is 23.8 Å². The number of rotatable bonds is 8. The average Bonchev–Trinajstić information content (AvgIpc) is 2.69. The molecule has 0 spiro atoms. The molecule has 1 aromatic carbocycles. The Labute approximate surface area is 166 Å². The molecule has 1 N–H and O–H groups in total. The zero-order chi connectivity index (χ0) is 21.4. The molecule has 0 radical (unpaired) electrons. The van der Waals surface area contributed by atoms with Crippen molar-refractivity contribution in [3.05, 3.63) is 56.8 Å². The minimum atomic E-state index is -4.01. The Morgan fingerprint density at radius 1 is 1.28 bits per heavy atom. The summed E-state index contributed by atoms with van der Waals surface area (Å²) < 4.78 is 39.4. The van der Waals surface area contributed by atoms with Gasteiger partial charge in [0.2, 0.25) is 0 Å².